The van der Waals surface area contributed by atoms with Gasteiger partial charge in [-0.1, -0.05) is 6.07 Å². The Hall–Kier alpha value is -2.35. The first-order chi connectivity index (χ1) is 11.8. The van der Waals surface area contributed by atoms with E-state index in [9.17, 15) is 18.0 Å². The maximum absolute atomic E-state index is 13.8. The minimum Gasteiger partial charge on any atom is -0.320 e. The molecule has 0 radical (unpaired) electrons. The molecule has 1 aromatic carbocycles. The van der Waals surface area contributed by atoms with E-state index in [-0.39, 0.29) is 17.4 Å². The zero-order valence-corrected chi connectivity index (χ0v) is 13.9. The van der Waals surface area contributed by atoms with Gasteiger partial charge in [0.05, 0.1) is 23.0 Å². The molecule has 5 nitrogen and oxygen atoms in total. The van der Waals surface area contributed by atoms with Gasteiger partial charge in [-0.3, -0.25) is 14.8 Å². The third-order valence-electron chi connectivity index (χ3n) is 4.41. The number of aromatic nitrogens is 2. The molecule has 1 aliphatic rings. The third kappa shape index (κ3) is 3.53. The molecule has 0 aliphatic carbocycles. The van der Waals surface area contributed by atoms with Crippen LogP contribution >= 0.6 is 0 Å². The van der Waals surface area contributed by atoms with Crippen LogP contribution in [-0.2, 0) is 5.92 Å². The van der Waals surface area contributed by atoms with E-state index in [0.717, 1.165) is 31.1 Å². The lowest BCUT2D eigenvalue weighted by Gasteiger charge is -2.17. The number of H-pyrrole nitrogens is 1. The average Bonchev–Trinajstić information content (AvgIpc) is 3.14. The summed E-state index contributed by atoms with van der Waals surface area (Å²) in [6.45, 7) is 1.55. The van der Waals surface area contributed by atoms with Crippen molar-refractivity contribution in [2.24, 2.45) is 0 Å². The molecule has 1 aliphatic heterocycles. The number of aromatic amines is 1. The van der Waals surface area contributed by atoms with Crippen molar-refractivity contribution in [3.63, 3.8) is 0 Å². The third-order valence-corrected chi connectivity index (χ3v) is 4.41. The van der Waals surface area contributed by atoms with Crippen molar-refractivity contribution in [1.82, 2.24) is 15.1 Å². The van der Waals surface area contributed by atoms with Gasteiger partial charge < -0.3 is 5.32 Å². The summed E-state index contributed by atoms with van der Waals surface area (Å²) in [6, 6.07) is 5.20. The number of anilines is 1. The maximum Gasteiger partial charge on any atom is 0.276 e. The Bertz CT molecular complexity index is 784. The molecule has 8 heteroatoms. The van der Waals surface area contributed by atoms with Crippen molar-refractivity contribution < 1.29 is 18.0 Å². The highest BCUT2D eigenvalue weighted by Crippen LogP contribution is 2.35. The summed E-state index contributed by atoms with van der Waals surface area (Å²) in [6.07, 6.45) is 2.01. The van der Waals surface area contributed by atoms with Crippen LogP contribution in [0.25, 0.3) is 0 Å². The summed E-state index contributed by atoms with van der Waals surface area (Å²) >= 11 is 0. The Morgan fingerprint density at radius 3 is 2.84 bits per heavy atom. The van der Waals surface area contributed by atoms with Gasteiger partial charge in [-0.25, -0.2) is 13.2 Å². The lowest BCUT2D eigenvalue weighted by Crippen LogP contribution is -2.19. The van der Waals surface area contributed by atoms with Gasteiger partial charge in [-0.05, 0) is 44.6 Å². The average molecular weight is 352 g/mol. The molecule has 1 atom stereocenters. The Balaban J connectivity index is 1.82. The molecule has 134 valence electrons. The number of benzene rings is 1. The Kier molecular flexibility index (Phi) is 4.55. The zero-order chi connectivity index (χ0) is 18.2. The van der Waals surface area contributed by atoms with Gasteiger partial charge in [0.15, 0.2) is 5.69 Å². The number of nitrogens with one attached hydrogen (secondary N) is 2. The van der Waals surface area contributed by atoms with Crippen molar-refractivity contribution in [2.45, 2.75) is 31.7 Å². The van der Waals surface area contributed by atoms with Crippen LogP contribution in [0.15, 0.2) is 24.3 Å². The molecule has 0 spiro atoms. The standard InChI is InChI=1S/C17H19F3N4O/c1-17(19,20)15-10(18)5-3-6-11(15)21-16(25)13-9-12(22-23-13)14-7-4-8-24(14)2/h3,5-6,9,14H,4,7-8H2,1-2H3,(H,21,25)(H,22,23). The Morgan fingerprint density at radius 1 is 1.44 bits per heavy atom. The Labute approximate surface area is 143 Å². The number of rotatable bonds is 4. The molecule has 2 N–H and O–H groups in total. The van der Waals surface area contributed by atoms with Crippen LogP contribution in [-0.4, -0.2) is 34.6 Å². The van der Waals surface area contributed by atoms with E-state index in [1.807, 2.05) is 7.05 Å². The molecule has 1 amide bonds. The van der Waals surface area contributed by atoms with Crippen LogP contribution in [0.1, 0.15) is 47.6 Å². The van der Waals surface area contributed by atoms with Gasteiger partial charge in [0.2, 0.25) is 0 Å². The molecule has 2 aromatic rings. The summed E-state index contributed by atoms with van der Waals surface area (Å²) in [7, 11) is 1.99. The number of nitrogens with zero attached hydrogens (tertiary/aromatic N) is 2. The monoisotopic (exact) mass is 352 g/mol. The van der Waals surface area contributed by atoms with Gasteiger partial charge in [0, 0.05) is 6.92 Å². The maximum atomic E-state index is 13.8. The fourth-order valence-corrected chi connectivity index (χ4v) is 3.19. The quantitative estimate of drug-likeness (QED) is 0.882. The summed E-state index contributed by atoms with van der Waals surface area (Å²) < 4.78 is 41.1. The number of carbonyl (C=O) groups excluding carboxylic acids is 1. The molecule has 1 saturated heterocycles. The minimum atomic E-state index is -3.42. The summed E-state index contributed by atoms with van der Waals surface area (Å²) in [5.41, 5.74) is -0.231. The van der Waals surface area contributed by atoms with Crippen LogP contribution in [0, 0.1) is 5.82 Å². The number of carbonyl (C=O) groups is 1. The first-order valence-electron chi connectivity index (χ1n) is 8.01. The number of amides is 1. The normalized spacial score (nSPS) is 18.5. The van der Waals surface area contributed by atoms with E-state index in [2.05, 4.69) is 20.4 Å². The van der Waals surface area contributed by atoms with E-state index in [0.29, 0.717) is 6.92 Å². The van der Waals surface area contributed by atoms with Crippen molar-refractivity contribution >= 4 is 11.6 Å². The second-order valence-corrected chi connectivity index (χ2v) is 6.35. The van der Waals surface area contributed by atoms with Crippen molar-refractivity contribution in [3.8, 4) is 0 Å². The van der Waals surface area contributed by atoms with Gasteiger partial charge >= 0.3 is 0 Å². The molecule has 1 unspecified atom stereocenters. The second-order valence-electron chi connectivity index (χ2n) is 6.35. The van der Waals surface area contributed by atoms with E-state index in [4.69, 9.17) is 0 Å². The predicted molar refractivity (Wildman–Crippen MR) is 87.1 cm³/mol. The van der Waals surface area contributed by atoms with E-state index in [1.165, 1.54) is 12.1 Å². The summed E-state index contributed by atoms with van der Waals surface area (Å²) in [4.78, 5) is 14.5. The largest absolute Gasteiger partial charge is 0.320 e. The fraction of sp³-hybridized carbons (Fsp3) is 0.412. The molecule has 25 heavy (non-hydrogen) atoms. The van der Waals surface area contributed by atoms with Crippen molar-refractivity contribution in [3.05, 3.63) is 47.0 Å². The van der Waals surface area contributed by atoms with E-state index < -0.39 is 23.2 Å². The highest BCUT2D eigenvalue weighted by atomic mass is 19.3. The number of hydrogen-bond acceptors (Lipinski definition) is 3. The molecule has 0 bridgehead atoms. The van der Waals surface area contributed by atoms with E-state index >= 15 is 0 Å². The second kappa shape index (κ2) is 6.51. The number of likely N-dealkylation sites (tertiary alicyclic amines) is 1. The topological polar surface area (TPSA) is 61.0 Å². The smallest absolute Gasteiger partial charge is 0.276 e. The minimum absolute atomic E-state index is 0.0740. The first-order valence-corrected chi connectivity index (χ1v) is 8.01. The van der Waals surface area contributed by atoms with Gasteiger partial charge in [-0.2, -0.15) is 5.10 Å². The summed E-state index contributed by atoms with van der Waals surface area (Å²) in [5, 5.41) is 9.12. The first kappa shape index (κ1) is 17.5. The Morgan fingerprint density at radius 2 is 2.20 bits per heavy atom. The SMILES string of the molecule is CN1CCCC1c1cc(C(=O)Nc2cccc(F)c2C(C)(F)F)n[nH]1. The van der Waals surface area contributed by atoms with Crippen molar-refractivity contribution in [1.29, 1.82) is 0 Å². The highest BCUT2D eigenvalue weighted by molar-refractivity contribution is 6.03. The highest BCUT2D eigenvalue weighted by Gasteiger charge is 2.32. The van der Waals surface area contributed by atoms with Crippen LogP contribution in [0.5, 0.6) is 0 Å². The predicted octanol–water partition coefficient (Wildman–Crippen LogP) is 3.68. The molecule has 1 aromatic heterocycles. The van der Waals surface area contributed by atoms with Crippen LogP contribution in [0.4, 0.5) is 18.9 Å². The molecule has 3 rings (SSSR count). The van der Waals surface area contributed by atoms with E-state index in [1.54, 1.807) is 6.07 Å². The van der Waals surface area contributed by atoms with Gasteiger partial charge in [-0.15, -0.1) is 0 Å². The van der Waals surface area contributed by atoms with Crippen LogP contribution < -0.4 is 5.32 Å². The molecular weight excluding hydrogens is 333 g/mol. The van der Waals surface area contributed by atoms with Gasteiger partial charge in [0.25, 0.3) is 11.8 Å². The molecule has 1 fully saturated rings. The number of alkyl halides is 2. The van der Waals surface area contributed by atoms with Crippen molar-refractivity contribution in [2.75, 3.05) is 18.9 Å². The zero-order valence-electron chi connectivity index (χ0n) is 13.9. The van der Waals surface area contributed by atoms with Gasteiger partial charge in [0.1, 0.15) is 5.82 Å². The molecule has 2 heterocycles. The fourth-order valence-electron chi connectivity index (χ4n) is 3.19. The lowest BCUT2D eigenvalue weighted by molar-refractivity contribution is 0.0146. The van der Waals surface area contributed by atoms with Crippen LogP contribution in [0.2, 0.25) is 0 Å². The number of hydrogen-bond donors (Lipinski definition) is 2. The summed E-state index contributed by atoms with van der Waals surface area (Å²) in [5.74, 6) is -5.16. The molecule has 0 saturated carbocycles. The molecular formula is C17H19F3N4O. The number of halogens is 3. The van der Waals surface area contributed by atoms with Crippen LogP contribution in [0.3, 0.4) is 0 Å². The lowest BCUT2D eigenvalue weighted by atomic mass is 10.1.